The van der Waals surface area contributed by atoms with E-state index in [-0.39, 0.29) is 10.5 Å². The first-order chi connectivity index (χ1) is 17.8. The third-order valence-electron chi connectivity index (χ3n) is 6.68. The van der Waals surface area contributed by atoms with Crippen molar-refractivity contribution in [1.29, 1.82) is 5.26 Å². The first kappa shape index (κ1) is 25.0. The lowest BCUT2D eigenvalue weighted by Crippen LogP contribution is -2.35. The highest BCUT2D eigenvalue weighted by Crippen LogP contribution is 2.37. The van der Waals surface area contributed by atoms with Crippen LogP contribution >= 0.6 is 11.3 Å². The van der Waals surface area contributed by atoms with Crippen molar-refractivity contribution in [2.75, 3.05) is 25.5 Å². The minimum atomic E-state index is -3.72. The lowest BCUT2D eigenvalue weighted by Gasteiger charge is -2.28. The Morgan fingerprint density at radius 1 is 1.03 bits per heavy atom. The van der Waals surface area contributed by atoms with Crippen molar-refractivity contribution in [1.82, 2.24) is 9.21 Å². The molecular formula is C26H24N4O5S2. The lowest BCUT2D eigenvalue weighted by molar-refractivity contribution is 0.102. The summed E-state index contributed by atoms with van der Waals surface area (Å²) in [5.74, 6) is -0.448. The van der Waals surface area contributed by atoms with Gasteiger partial charge in [-0.15, -0.1) is 11.3 Å². The number of nitriles is 1. The number of carbonyl (C=O) groups excluding carboxylic acids is 2. The van der Waals surface area contributed by atoms with Gasteiger partial charge >= 0.3 is 6.09 Å². The monoisotopic (exact) mass is 536 g/mol. The van der Waals surface area contributed by atoms with Crippen molar-refractivity contribution in [2.24, 2.45) is 0 Å². The average Bonchev–Trinajstić information content (AvgIpc) is 3.28. The van der Waals surface area contributed by atoms with E-state index in [1.807, 2.05) is 24.3 Å². The summed E-state index contributed by atoms with van der Waals surface area (Å²) >= 11 is 1.26. The van der Waals surface area contributed by atoms with Crippen LogP contribution < -0.4 is 5.32 Å². The van der Waals surface area contributed by atoms with Crippen LogP contribution in [0.5, 0.6) is 0 Å². The number of nitrogens with zero attached hydrogens (tertiary/aromatic N) is 3. The molecular weight excluding hydrogens is 512 g/mol. The van der Waals surface area contributed by atoms with Crippen LogP contribution in [0.2, 0.25) is 0 Å². The fourth-order valence-corrected chi connectivity index (χ4v) is 7.30. The molecule has 0 saturated carbocycles. The molecule has 0 aliphatic carbocycles. The number of rotatable bonds is 4. The first-order valence-corrected chi connectivity index (χ1v) is 13.9. The van der Waals surface area contributed by atoms with Crippen LogP contribution in [0.15, 0.2) is 53.4 Å². The number of methoxy groups -OCH3 is 1. The molecule has 9 nitrogen and oxygen atoms in total. The normalized spacial score (nSPS) is 15.3. The van der Waals surface area contributed by atoms with E-state index >= 15 is 0 Å². The number of fused-ring (bicyclic) bond motifs is 2. The largest absolute Gasteiger partial charge is 0.453 e. The maximum absolute atomic E-state index is 13.2. The van der Waals surface area contributed by atoms with Crippen molar-refractivity contribution in [3.63, 3.8) is 0 Å². The Kier molecular flexibility index (Phi) is 6.72. The molecule has 0 bridgehead atoms. The van der Waals surface area contributed by atoms with Gasteiger partial charge in [0.1, 0.15) is 11.1 Å². The molecule has 5 rings (SSSR count). The number of anilines is 1. The van der Waals surface area contributed by atoms with Crippen LogP contribution in [0.3, 0.4) is 0 Å². The van der Waals surface area contributed by atoms with Crippen LogP contribution in [0.4, 0.5) is 9.80 Å². The number of amides is 2. The molecule has 3 aromatic rings. The van der Waals surface area contributed by atoms with Gasteiger partial charge in [0, 0.05) is 30.1 Å². The Morgan fingerprint density at radius 2 is 1.76 bits per heavy atom. The second-order valence-corrected chi connectivity index (χ2v) is 11.8. The van der Waals surface area contributed by atoms with Gasteiger partial charge in [0.2, 0.25) is 10.0 Å². The van der Waals surface area contributed by atoms with Crippen LogP contribution in [-0.4, -0.2) is 49.8 Å². The molecule has 37 heavy (non-hydrogen) atoms. The van der Waals surface area contributed by atoms with Crippen LogP contribution in [0.1, 0.15) is 37.5 Å². The van der Waals surface area contributed by atoms with E-state index in [0.717, 1.165) is 21.6 Å². The second kappa shape index (κ2) is 9.97. The van der Waals surface area contributed by atoms with Crippen molar-refractivity contribution >= 4 is 38.4 Å². The molecule has 0 unspecified atom stereocenters. The summed E-state index contributed by atoms with van der Waals surface area (Å²) in [5, 5.41) is 12.9. The Morgan fingerprint density at radius 3 is 2.46 bits per heavy atom. The highest BCUT2D eigenvalue weighted by atomic mass is 32.2. The van der Waals surface area contributed by atoms with Gasteiger partial charge in [0.25, 0.3) is 5.91 Å². The van der Waals surface area contributed by atoms with E-state index in [1.165, 1.54) is 47.0 Å². The summed E-state index contributed by atoms with van der Waals surface area (Å²) in [7, 11) is -2.40. The van der Waals surface area contributed by atoms with Gasteiger partial charge in [-0.1, -0.05) is 24.3 Å². The fraction of sp³-hybridized carbons (Fsp3) is 0.269. The Bertz CT molecular complexity index is 1520. The molecule has 0 atom stereocenters. The number of hydrogen-bond acceptors (Lipinski definition) is 7. The summed E-state index contributed by atoms with van der Waals surface area (Å²) in [4.78, 5) is 27.3. The van der Waals surface area contributed by atoms with Crippen LogP contribution in [-0.2, 0) is 40.7 Å². The molecule has 3 heterocycles. The number of thiophene rings is 1. The Labute approximate surface area is 218 Å². The molecule has 0 saturated heterocycles. The number of benzene rings is 2. The SMILES string of the molecule is COC(=O)N1CCc2c(sc(NC(=O)c3ccc(S(=O)(=O)N4CCc5ccccc5C4)cc3)c2C#N)C1. The third-order valence-corrected chi connectivity index (χ3v) is 9.67. The van der Waals surface area contributed by atoms with Gasteiger partial charge in [-0.25, -0.2) is 13.2 Å². The fourth-order valence-electron chi connectivity index (χ4n) is 4.67. The number of ether oxygens (including phenoxy) is 1. The van der Waals surface area contributed by atoms with Gasteiger partial charge < -0.3 is 15.0 Å². The summed E-state index contributed by atoms with van der Waals surface area (Å²) < 4.78 is 32.7. The molecule has 11 heteroatoms. The number of carbonyl (C=O) groups is 2. The minimum absolute atomic E-state index is 0.121. The van der Waals surface area contributed by atoms with Gasteiger partial charge in [0.15, 0.2) is 0 Å². The zero-order chi connectivity index (χ0) is 26.2. The van der Waals surface area contributed by atoms with E-state index in [0.29, 0.717) is 49.6 Å². The van der Waals surface area contributed by atoms with Gasteiger partial charge in [-0.05, 0) is 53.8 Å². The van der Waals surface area contributed by atoms with Crippen molar-refractivity contribution in [3.8, 4) is 6.07 Å². The molecule has 1 aromatic heterocycles. The number of nitrogens with one attached hydrogen (secondary N) is 1. The zero-order valence-electron chi connectivity index (χ0n) is 20.1. The predicted octanol–water partition coefficient (Wildman–Crippen LogP) is 3.74. The highest BCUT2D eigenvalue weighted by molar-refractivity contribution is 7.89. The van der Waals surface area contributed by atoms with E-state index in [1.54, 1.807) is 4.90 Å². The summed E-state index contributed by atoms with van der Waals surface area (Å²) in [6.45, 7) is 1.45. The van der Waals surface area contributed by atoms with E-state index in [9.17, 15) is 23.3 Å². The second-order valence-electron chi connectivity index (χ2n) is 8.80. The standard InChI is InChI=1S/C26H24N4O5S2/c1-35-26(32)29-12-11-21-22(14-27)25(36-23(21)16-29)28-24(31)18-6-8-20(9-7-18)37(33,34)30-13-10-17-4-2-3-5-19(17)15-30/h2-9H,10-13,15-16H2,1H3,(H,28,31). The number of hydrogen-bond donors (Lipinski definition) is 1. The molecule has 2 aliphatic rings. The summed E-state index contributed by atoms with van der Waals surface area (Å²) in [6.07, 6.45) is 0.707. The van der Waals surface area contributed by atoms with E-state index in [2.05, 4.69) is 11.4 Å². The Balaban J connectivity index is 1.31. The third kappa shape index (κ3) is 4.71. The lowest BCUT2D eigenvalue weighted by atomic mass is 10.0. The highest BCUT2D eigenvalue weighted by Gasteiger charge is 2.30. The van der Waals surface area contributed by atoms with E-state index in [4.69, 9.17) is 4.74 Å². The molecule has 2 aromatic carbocycles. The molecule has 0 spiro atoms. The molecule has 2 aliphatic heterocycles. The van der Waals surface area contributed by atoms with Crippen molar-refractivity contribution in [2.45, 2.75) is 30.8 Å². The maximum atomic E-state index is 13.2. The summed E-state index contributed by atoms with van der Waals surface area (Å²) in [6, 6.07) is 15.8. The maximum Gasteiger partial charge on any atom is 0.409 e. The first-order valence-electron chi connectivity index (χ1n) is 11.7. The predicted molar refractivity (Wildman–Crippen MR) is 138 cm³/mol. The molecule has 0 fully saturated rings. The molecule has 0 radical (unpaired) electrons. The van der Waals surface area contributed by atoms with Crippen molar-refractivity contribution in [3.05, 3.63) is 81.2 Å². The smallest absolute Gasteiger partial charge is 0.409 e. The van der Waals surface area contributed by atoms with Crippen LogP contribution in [0, 0.1) is 11.3 Å². The van der Waals surface area contributed by atoms with Gasteiger partial charge in [-0.3, -0.25) is 4.79 Å². The van der Waals surface area contributed by atoms with E-state index < -0.39 is 22.0 Å². The average molecular weight is 537 g/mol. The topological polar surface area (TPSA) is 120 Å². The molecule has 190 valence electrons. The molecule has 2 amide bonds. The molecule has 1 N–H and O–H groups in total. The van der Waals surface area contributed by atoms with Crippen molar-refractivity contribution < 1.29 is 22.7 Å². The van der Waals surface area contributed by atoms with Gasteiger partial charge in [-0.2, -0.15) is 9.57 Å². The van der Waals surface area contributed by atoms with Crippen LogP contribution in [0.25, 0.3) is 0 Å². The summed E-state index contributed by atoms with van der Waals surface area (Å²) in [5.41, 5.74) is 3.64. The quantitative estimate of drug-likeness (QED) is 0.542. The number of sulfonamides is 1. The Hall–Kier alpha value is -3.72. The van der Waals surface area contributed by atoms with Gasteiger partial charge in [0.05, 0.1) is 24.1 Å². The zero-order valence-corrected chi connectivity index (χ0v) is 21.7. The minimum Gasteiger partial charge on any atom is -0.453 e.